The highest BCUT2D eigenvalue weighted by Gasteiger charge is 2.30. The van der Waals surface area contributed by atoms with Crippen LogP contribution in [0.3, 0.4) is 0 Å². The lowest BCUT2D eigenvalue weighted by molar-refractivity contribution is -0.127. The maximum atomic E-state index is 12.4. The van der Waals surface area contributed by atoms with E-state index in [4.69, 9.17) is 0 Å². The predicted molar refractivity (Wildman–Crippen MR) is 92.4 cm³/mol. The zero-order valence-electron chi connectivity index (χ0n) is 14.3. The molecule has 0 spiro atoms. The number of hydrogen-bond acceptors (Lipinski definition) is 4. The molecule has 6 heteroatoms. The van der Waals surface area contributed by atoms with Gasteiger partial charge in [0.05, 0.1) is 0 Å². The van der Waals surface area contributed by atoms with Gasteiger partial charge in [-0.15, -0.1) is 0 Å². The van der Waals surface area contributed by atoms with Crippen molar-refractivity contribution in [1.82, 2.24) is 20.9 Å². The number of benzene rings is 1. The number of likely N-dealkylation sites (tertiary alicyclic amines) is 1. The predicted octanol–water partition coefficient (Wildman–Crippen LogP) is 0.971. The van der Waals surface area contributed by atoms with Crippen molar-refractivity contribution in [3.05, 3.63) is 35.4 Å². The molecule has 1 aromatic rings. The molecular weight excluding hydrogens is 304 g/mol. The molecule has 2 saturated heterocycles. The molecule has 2 amide bonds. The van der Waals surface area contributed by atoms with Crippen LogP contribution >= 0.6 is 0 Å². The van der Waals surface area contributed by atoms with Gasteiger partial charge in [0.1, 0.15) is 6.29 Å². The van der Waals surface area contributed by atoms with E-state index in [9.17, 15) is 9.59 Å². The Morgan fingerprint density at radius 2 is 1.96 bits per heavy atom. The zero-order chi connectivity index (χ0) is 17.1. The van der Waals surface area contributed by atoms with Crippen LogP contribution < -0.4 is 16.0 Å². The summed E-state index contributed by atoms with van der Waals surface area (Å²) < 4.78 is 0. The first-order valence-electron chi connectivity index (χ1n) is 8.69. The van der Waals surface area contributed by atoms with Crippen molar-refractivity contribution in [2.75, 3.05) is 13.1 Å². The first kappa shape index (κ1) is 16.9. The molecule has 2 atom stereocenters. The van der Waals surface area contributed by atoms with Crippen molar-refractivity contribution >= 4 is 11.8 Å². The van der Waals surface area contributed by atoms with Crippen LogP contribution in [0, 0.1) is 6.92 Å². The number of nitrogens with zero attached hydrogens (tertiary/aromatic N) is 1. The number of nitrogens with one attached hydrogen (secondary N) is 3. The Morgan fingerprint density at radius 3 is 2.62 bits per heavy atom. The van der Waals surface area contributed by atoms with E-state index in [2.05, 4.69) is 20.9 Å². The molecule has 0 bridgehead atoms. The molecule has 2 aliphatic rings. The van der Waals surface area contributed by atoms with E-state index in [1.165, 1.54) is 0 Å². The van der Waals surface area contributed by atoms with Crippen molar-refractivity contribution in [3.63, 3.8) is 0 Å². The Labute approximate surface area is 143 Å². The summed E-state index contributed by atoms with van der Waals surface area (Å²) in [6.07, 6.45) is 2.22. The number of piperidine rings is 1. The fraction of sp³-hybridized carbons (Fsp3) is 0.556. The van der Waals surface area contributed by atoms with Gasteiger partial charge in [-0.1, -0.05) is 18.2 Å². The maximum Gasteiger partial charge on any atom is 0.251 e. The van der Waals surface area contributed by atoms with Gasteiger partial charge in [0.15, 0.2) is 0 Å². The fourth-order valence-corrected chi connectivity index (χ4v) is 3.45. The monoisotopic (exact) mass is 330 g/mol. The summed E-state index contributed by atoms with van der Waals surface area (Å²) in [5.41, 5.74) is 1.74. The summed E-state index contributed by atoms with van der Waals surface area (Å²) in [5, 5.41) is 9.55. The average molecular weight is 330 g/mol. The largest absolute Gasteiger partial charge is 0.349 e. The number of carbonyl (C=O) groups excluding carboxylic acids is 2. The summed E-state index contributed by atoms with van der Waals surface area (Å²) in [5.74, 6) is 0.102. The molecule has 0 aromatic heterocycles. The van der Waals surface area contributed by atoms with E-state index in [1.807, 2.05) is 38.1 Å². The first-order chi connectivity index (χ1) is 11.5. The Bertz CT molecular complexity index is 611. The summed E-state index contributed by atoms with van der Waals surface area (Å²) in [6, 6.07) is 8.03. The first-order valence-corrected chi connectivity index (χ1v) is 8.69. The summed E-state index contributed by atoms with van der Waals surface area (Å²) in [4.78, 5) is 26.3. The van der Waals surface area contributed by atoms with E-state index in [0.717, 1.165) is 37.1 Å². The molecule has 0 radical (unpaired) electrons. The Balaban J connectivity index is 1.51. The third-order valence-corrected chi connectivity index (χ3v) is 4.85. The molecule has 6 nitrogen and oxygen atoms in total. The van der Waals surface area contributed by atoms with Gasteiger partial charge >= 0.3 is 0 Å². The molecule has 24 heavy (non-hydrogen) atoms. The van der Waals surface area contributed by atoms with Gasteiger partial charge in [0, 0.05) is 37.2 Å². The Morgan fingerprint density at radius 1 is 1.25 bits per heavy atom. The van der Waals surface area contributed by atoms with E-state index < -0.39 is 0 Å². The minimum absolute atomic E-state index is 0.00395. The molecule has 2 aliphatic heterocycles. The van der Waals surface area contributed by atoms with Gasteiger partial charge in [0.25, 0.3) is 5.91 Å². The highest BCUT2D eigenvalue weighted by atomic mass is 16.2. The standard InChI is InChI=1S/C18H26N4O2/c1-12-5-3-4-6-15(12)17(24)20-14-7-9-22(10-8-14)18-19-13(2)11-16(23)21-18/h3-6,13-14,18-19H,7-11H2,1-2H3,(H,20,24)(H,21,23). The van der Waals surface area contributed by atoms with Crippen LogP contribution in [-0.2, 0) is 4.79 Å². The second-order valence-corrected chi connectivity index (χ2v) is 6.84. The van der Waals surface area contributed by atoms with Gasteiger partial charge in [-0.25, -0.2) is 0 Å². The average Bonchev–Trinajstić information content (AvgIpc) is 2.55. The van der Waals surface area contributed by atoms with Gasteiger partial charge in [-0.05, 0) is 38.3 Å². The second-order valence-electron chi connectivity index (χ2n) is 6.84. The second kappa shape index (κ2) is 7.32. The Kier molecular flexibility index (Phi) is 5.16. The maximum absolute atomic E-state index is 12.4. The van der Waals surface area contributed by atoms with Crippen molar-refractivity contribution in [2.45, 2.75) is 51.5 Å². The van der Waals surface area contributed by atoms with Crippen LogP contribution in [0.5, 0.6) is 0 Å². The minimum atomic E-state index is -0.0886. The molecule has 2 fully saturated rings. The lowest BCUT2D eigenvalue weighted by Gasteiger charge is -2.41. The normalized spacial score (nSPS) is 26.0. The molecule has 2 unspecified atom stereocenters. The number of rotatable bonds is 3. The SMILES string of the molecule is Cc1ccccc1C(=O)NC1CCN(C2NC(=O)CC(C)N2)CC1. The number of carbonyl (C=O) groups is 2. The third-order valence-electron chi connectivity index (χ3n) is 4.85. The van der Waals surface area contributed by atoms with Gasteiger partial charge in [0.2, 0.25) is 5.91 Å². The van der Waals surface area contributed by atoms with Crippen LogP contribution in [0.1, 0.15) is 42.1 Å². The van der Waals surface area contributed by atoms with Gasteiger partial charge < -0.3 is 10.6 Å². The van der Waals surface area contributed by atoms with Crippen LogP contribution in [0.2, 0.25) is 0 Å². The highest BCUT2D eigenvalue weighted by molar-refractivity contribution is 5.95. The molecular formula is C18H26N4O2. The van der Waals surface area contributed by atoms with Crippen molar-refractivity contribution in [3.8, 4) is 0 Å². The topological polar surface area (TPSA) is 73.5 Å². The van der Waals surface area contributed by atoms with Crippen LogP contribution in [0.15, 0.2) is 24.3 Å². The Hall–Kier alpha value is -1.92. The summed E-state index contributed by atoms with van der Waals surface area (Å²) in [6.45, 7) is 5.68. The molecule has 0 aliphatic carbocycles. The van der Waals surface area contributed by atoms with E-state index in [1.54, 1.807) is 0 Å². The lowest BCUT2D eigenvalue weighted by Crippen LogP contribution is -2.65. The lowest BCUT2D eigenvalue weighted by atomic mass is 10.0. The highest BCUT2D eigenvalue weighted by Crippen LogP contribution is 2.15. The van der Waals surface area contributed by atoms with Crippen molar-refractivity contribution in [1.29, 1.82) is 0 Å². The van der Waals surface area contributed by atoms with Crippen LogP contribution in [0.4, 0.5) is 0 Å². The number of amides is 2. The summed E-state index contributed by atoms with van der Waals surface area (Å²) in [7, 11) is 0. The van der Waals surface area contributed by atoms with E-state index in [0.29, 0.717) is 6.42 Å². The van der Waals surface area contributed by atoms with Gasteiger partial charge in [-0.2, -0.15) is 0 Å². The molecule has 3 rings (SSSR count). The summed E-state index contributed by atoms with van der Waals surface area (Å²) >= 11 is 0. The molecule has 3 N–H and O–H groups in total. The third kappa shape index (κ3) is 3.94. The van der Waals surface area contributed by atoms with Crippen LogP contribution in [-0.4, -0.2) is 48.2 Å². The molecule has 2 heterocycles. The van der Waals surface area contributed by atoms with Crippen LogP contribution in [0.25, 0.3) is 0 Å². The quantitative estimate of drug-likeness (QED) is 0.772. The number of aryl methyl sites for hydroxylation is 1. The van der Waals surface area contributed by atoms with E-state index >= 15 is 0 Å². The zero-order valence-corrected chi connectivity index (χ0v) is 14.3. The minimum Gasteiger partial charge on any atom is -0.349 e. The van der Waals surface area contributed by atoms with E-state index in [-0.39, 0.29) is 30.2 Å². The van der Waals surface area contributed by atoms with Crippen molar-refractivity contribution < 1.29 is 9.59 Å². The molecule has 1 aromatic carbocycles. The molecule has 0 saturated carbocycles. The smallest absolute Gasteiger partial charge is 0.251 e. The fourth-order valence-electron chi connectivity index (χ4n) is 3.45. The van der Waals surface area contributed by atoms with Gasteiger partial charge in [-0.3, -0.25) is 19.8 Å². The number of hydrogen-bond donors (Lipinski definition) is 3. The molecule has 130 valence electrons. The van der Waals surface area contributed by atoms with Crippen molar-refractivity contribution in [2.24, 2.45) is 0 Å².